The van der Waals surface area contributed by atoms with Gasteiger partial charge in [-0.3, -0.25) is 19.8 Å². The molecule has 0 unspecified atom stereocenters. The van der Waals surface area contributed by atoms with Crippen LogP contribution in [0.15, 0.2) is 64.6 Å². The van der Waals surface area contributed by atoms with E-state index in [4.69, 9.17) is 17.0 Å². The molecule has 1 aliphatic rings. The third-order valence-corrected chi connectivity index (χ3v) is 6.39. The number of hydrogen-bond acceptors (Lipinski definition) is 4. The molecule has 0 bridgehead atoms. The standard InChI is InChI=1S/C25H22BrN3O3S/c1-15-12-18(13-22-23(30)27-25(33)28(3)24(22)31)16(2)29(15)20-8-10-21(11-9-20)32-14-17-4-6-19(26)7-5-17/h4-13H,14H2,1-3H3,(H,27,30,33)/b22-13+. The molecule has 0 atom stereocenters. The van der Waals surface area contributed by atoms with Crippen LogP contribution in [0.1, 0.15) is 22.5 Å². The lowest BCUT2D eigenvalue weighted by molar-refractivity contribution is -0.128. The predicted molar refractivity (Wildman–Crippen MR) is 135 cm³/mol. The number of hydrogen-bond donors (Lipinski definition) is 1. The summed E-state index contributed by atoms with van der Waals surface area (Å²) in [5.41, 5.74) is 4.80. The number of likely N-dealkylation sites (N-methyl/N-ethyl adjacent to an activating group) is 1. The summed E-state index contributed by atoms with van der Waals surface area (Å²) in [6.45, 7) is 4.42. The van der Waals surface area contributed by atoms with Crippen molar-refractivity contribution in [2.45, 2.75) is 20.5 Å². The molecule has 6 nitrogen and oxygen atoms in total. The molecule has 2 amide bonds. The van der Waals surface area contributed by atoms with E-state index in [0.717, 1.165) is 38.4 Å². The van der Waals surface area contributed by atoms with Crippen molar-refractivity contribution >= 4 is 51.2 Å². The zero-order chi connectivity index (χ0) is 23.7. The van der Waals surface area contributed by atoms with Crippen LogP contribution < -0.4 is 10.1 Å². The molecule has 0 radical (unpaired) electrons. The van der Waals surface area contributed by atoms with E-state index in [-0.39, 0.29) is 10.7 Å². The van der Waals surface area contributed by atoms with Crippen molar-refractivity contribution in [3.05, 3.63) is 87.2 Å². The van der Waals surface area contributed by atoms with Crippen LogP contribution >= 0.6 is 28.1 Å². The number of ether oxygens (including phenoxy) is 1. The van der Waals surface area contributed by atoms with Crippen LogP contribution in [0.25, 0.3) is 11.8 Å². The fourth-order valence-corrected chi connectivity index (χ4v) is 4.11. The van der Waals surface area contributed by atoms with Gasteiger partial charge in [-0.2, -0.15) is 0 Å². The number of aryl methyl sites for hydroxylation is 1. The summed E-state index contributed by atoms with van der Waals surface area (Å²) >= 11 is 8.44. The molecule has 8 heteroatoms. The number of amides is 2. The lowest BCUT2D eigenvalue weighted by atomic mass is 10.1. The molecule has 3 aromatic rings. The normalized spacial score (nSPS) is 15.2. The van der Waals surface area contributed by atoms with Crippen molar-refractivity contribution in [2.24, 2.45) is 0 Å². The zero-order valence-corrected chi connectivity index (χ0v) is 20.8. The number of rotatable bonds is 5. The minimum Gasteiger partial charge on any atom is -0.489 e. The fraction of sp³-hybridized carbons (Fsp3) is 0.160. The van der Waals surface area contributed by atoms with Crippen LogP contribution in [-0.4, -0.2) is 33.4 Å². The summed E-state index contributed by atoms with van der Waals surface area (Å²) < 4.78 is 9.01. The van der Waals surface area contributed by atoms with E-state index in [9.17, 15) is 9.59 Å². The molecule has 1 fully saturated rings. The molecule has 1 saturated heterocycles. The first-order valence-electron chi connectivity index (χ1n) is 10.3. The Labute approximate surface area is 206 Å². The number of nitrogens with one attached hydrogen (secondary N) is 1. The van der Waals surface area contributed by atoms with Crippen LogP contribution in [0.4, 0.5) is 0 Å². The van der Waals surface area contributed by atoms with Crippen LogP contribution in [0.5, 0.6) is 5.75 Å². The first-order valence-corrected chi connectivity index (χ1v) is 11.5. The van der Waals surface area contributed by atoms with Gasteiger partial charge in [0.2, 0.25) is 0 Å². The molecular formula is C25H22BrN3O3S. The smallest absolute Gasteiger partial charge is 0.265 e. The van der Waals surface area contributed by atoms with E-state index in [1.54, 1.807) is 13.1 Å². The van der Waals surface area contributed by atoms with Gasteiger partial charge in [0.1, 0.15) is 17.9 Å². The van der Waals surface area contributed by atoms with E-state index in [1.807, 2.05) is 68.4 Å². The van der Waals surface area contributed by atoms with Gasteiger partial charge in [-0.05, 0) is 85.7 Å². The molecule has 0 saturated carbocycles. The number of nitrogens with zero attached hydrogens (tertiary/aromatic N) is 2. The highest BCUT2D eigenvalue weighted by molar-refractivity contribution is 9.10. The Morgan fingerprint density at radius 1 is 1.06 bits per heavy atom. The van der Waals surface area contributed by atoms with Crippen molar-refractivity contribution in [3.63, 3.8) is 0 Å². The second-order valence-electron chi connectivity index (χ2n) is 7.75. The van der Waals surface area contributed by atoms with E-state index >= 15 is 0 Å². The fourth-order valence-electron chi connectivity index (χ4n) is 3.67. The third kappa shape index (κ3) is 4.77. The van der Waals surface area contributed by atoms with Gasteiger partial charge in [-0.25, -0.2) is 0 Å². The summed E-state index contributed by atoms with van der Waals surface area (Å²) in [4.78, 5) is 26.1. The van der Waals surface area contributed by atoms with Crippen molar-refractivity contribution in [3.8, 4) is 11.4 Å². The first kappa shape index (κ1) is 22.9. The van der Waals surface area contributed by atoms with Crippen LogP contribution in [0.3, 0.4) is 0 Å². The number of carbonyl (C=O) groups excluding carboxylic acids is 2. The van der Waals surface area contributed by atoms with Crippen LogP contribution in [0, 0.1) is 13.8 Å². The van der Waals surface area contributed by atoms with Crippen molar-refractivity contribution in [1.82, 2.24) is 14.8 Å². The van der Waals surface area contributed by atoms with E-state index in [0.29, 0.717) is 6.61 Å². The monoisotopic (exact) mass is 523 g/mol. The summed E-state index contributed by atoms with van der Waals surface area (Å²) in [6, 6.07) is 17.8. The number of thiocarbonyl (C=S) groups is 1. The van der Waals surface area contributed by atoms with Gasteiger partial charge in [0.15, 0.2) is 5.11 Å². The lowest BCUT2D eigenvalue weighted by Gasteiger charge is -2.25. The highest BCUT2D eigenvalue weighted by atomic mass is 79.9. The average molecular weight is 524 g/mol. The maximum Gasteiger partial charge on any atom is 0.265 e. The molecule has 4 rings (SSSR count). The predicted octanol–water partition coefficient (Wildman–Crippen LogP) is 4.69. The van der Waals surface area contributed by atoms with Gasteiger partial charge in [0.05, 0.1) is 0 Å². The van der Waals surface area contributed by atoms with Crippen molar-refractivity contribution < 1.29 is 14.3 Å². The largest absolute Gasteiger partial charge is 0.489 e. The molecule has 1 aromatic heterocycles. The van der Waals surface area contributed by atoms with Gasteiger partial charge >= 0.3 is 0 Å². The Morgan fingerprint density at radius 2 is 1.73 bits per heavy atom. The molecule has 168 valence electrons. The molecule has 0 spiro atoms. The maximum absolute atomic E-state index is 12.5. The topological polar surface area (TPSA) is 63.6 Å². The Kier molecular flexibility index (Phi) is 6.49. The highest BCUT2D eigenvalue weighted by Crippen LogP contribution is 2.25. The Bertz CT molecular complexity index is 1280. The molecule has 0 aliphatic carbocycles. The zero-order valence-electron chi connectivity index (χ0n) is 18.4. The number of benzene rings is 2. The molecule has 1 N–H and O–H groups in total. The van der Waals surface area contributed by atoms with Crippen molar-refractivity contribution in [1.29, 1.82) is 0 Å². The lowest BCUT2D eigenvalue weighted by Crippen LogP contribution is -2.52. The maximum atomic E-state index is 12.5. The second-order valence-corrected chi connectivity index (χ2v) is 9.05. The minimum absolute atomic E-state index is 0.0584. The molecule has 1 aliphatic heterocycles. The van der Waals surface area contributed by atoms with Gasteiger partial charge in [-0.15, -0.1) is 0 Å². The first-order chi connectivity index (χ1) is 15.7. The Hall–Kier alpha value is -3.23. The molecule has 33 heavy (non-hydrogen) atoms. The molecule has 2 aromatic carbocycles. The van der Waals surface area contributed by atoms with Gasteiger partial charge in [0, 0.05) is 28.6 Å². The number of halogens is 1. The minimum atomic E-state index is -0.486. The number of aromatic nitrogens is 1. The Balaban J connectivity index is 1.55. The Morgan fingerprint density at radius 3 is 2.39 bits per heavy atom. The number of carbonyl (C=O) groups is 2. The third-order valence-electron chi connectivity index (χ3n) is 5.49. The summed E-state index contributed by atoms with van der Waals surface area (Å²) in [5, 5.41) is 2.65. The van der Waals surface area contributed by atoms with Crippen LogP contribution in [0.2, 0.25) is 0 Å². The van der Waals surface area contributed by atoms with Gasteiger partial charge in [0.25, 0.3) is 11.8 Å². The van der Waals surface area contributed by atoms with Crippen LogP contribution in [-0.2, 0) is 16.2 Å². The van der Waals surface area contributed by atoms with Gasteiger partial charge < -0.3 is 9.30 Å². The molecule has 2 heterocycles. The SMILES string of the molecule is Cc1cc(/C=C2\C(=O)NC(=S)N(C)C2=O)c(C)n1-c1ccc(OCc2ccc(Br)cc2)cc1. The second kappa shape index (κ2) is 9.33. The average Bonchev–Trinajstić information content (AvgIpc) is 3.08. The van der Waals surface area contributed by atoms with E-state index < -0.39 is 11.8 Å². The summed E-state index contributed by atoms with van der Waals surface area (Å²) in [5.74, 6) is -0.129. The van der Waals surface area contributed by atoms with Crippen molar-refractivity contribution in [2.75, 3.05) is 7.05 Å². The van der Waals surface area contributed by atoms with E-state index in [1.165, 1.54) is 4.90 Å². The summed E-state index contributed by atoms with van der Waals surface area (Å²) in [6.07, 6.45) is 1.62. The van der Waals surface area contributed by atoms with Gasteiger partial charge in [-0.1, -0.05) is 28.1 Å². The van der Waals surface area contributed by atoms with E-state index in [2.05, 4.69) is 25.8 Å². The summed E-state index contributed by atoms with van der Waals surface area (Å²) in [7, 11) is 1.54. The highest BCUT2D eigenvalue weighted by Gasteiger charge is 2.31. The quantitative estimate of drug-likeness (QED) is 0.299. The molecular weight excluding hydrogens is 502 g/mol.